The molecule has 0 fully saturated rings. The van der Waals surface area contributed by atoms with E-state index in [9.17, 15) is 8.42 Å². The summed E-state index contributed by atoms with van der Waals surface area (Å²) in [4.78, 5) is 4.33. The summed E-state index contributed by atoms with van der Waals surface area (Å²) >= 11 is 4.96. The molecular formula is C12H20BrN3O2S2. The van der Waals surface area contributed by atoms with Crippen LogP contribution in [-0.4, -0.2) is 38.5 Å². The zero-order valence-electron chi connectivity index (χ0n) is 11.6. The summed E-state index contributed by atoms with van der Waals surface area (Å²) in [5, 5.41) is 3.04. The third kappa shape index (κ3) is 5.59. The van der Waals surface area contributed by atoms with E-state index >= 15 is 0 Å². The van der Waals surface area contributed by atoms with Gasteiger partial charge in [-0.2, -0.15) is 11.8 Å². The second kappa shape index (κ2) is 8.86. The van der Waals surface area contributed by atoms with Crippen molar-refractivity contribution < 1.29 is 8.42 Å². The van der Waals surface area contributed by atoms with Crippen LogP contribution in [-0.2, 0) is 10.0 Å². The average Bonchev–Trinajstić information content (AvgIpc) is 2.42. The van der Waals surface area contributed by atoms with Gasteiger partial charge in [-0.05, 0) is 46.8 Å². The van der Waals surface area contributed by atoms with E-state index < -0.39 is 10.0 Å². The number of thioether (sulfide) groups is 1. The van der Waals surface area contributed by atoms with Crippen molar-refractivity contribution in [1.82, 2.24) is 9.71 Å². The highest BCUT2D eigenvalue weighted by atomic mass is 79.9. The molecule has 0 aromatic carbocycles. The molecule has 0 aliphatic heterocycles. The number of rotatable bonds is 9. The van der Waals surface area contributed by atoms with Crippen LogP contribution in [0.2, 0.25) is 0 Å². The molecular weight excluding hydrogens is 362 g/mol. The van der Waals surface area contributed by atoms with Crippen molar-refractivity contribution in [3.8, 4) is 0 Å². The number of nitrogens with one attached hydrogen (secondary N) is 2. The van der Waals surface area contributed by atoms with E-state index in [2.05, 4.69) is 31.0 Å². The van der Waals surface area contributed by atoms with Crippen molar-refractivity contribution >= 4 is 43.5 Å². The Kier molecular flexibility index (Phi) is 7.86. The summed E-state index contributed by atoms with van der Waals surface area (Å²) in [6.07, 6.45) is 5.29. The van der Waals surface area contributed by atoms with Crippen LogP contribution in [0.15, 0.2) is 21.6 Å². The number of hydrogen-bond donors (Lipinski definition) is 2. The molecule has 2 N–H and O–H groups in total. The molecule has 1 aromatic rings. The molecule has 0 atom stereocenters. The number of aromatic nitrogens is 1. The molecule has 5 nitrogen and oxygen atoms in total. The molecule has 0 radical (unpaired) electrons. The zero-order valence-corrected chi connectivity index (χ0v) is 14.9. The lowest BCUT2D eigenvalue weighted by Gasteiger charge is -2.12. The first-order valence-electron chi connectivity index (χ1n) is 6.39. The molecule has 0 unspecified atom stereocenters. The smallest absolute Gasteiger partial charge is 0.244 e. The van der Waals surface area contributed by atoms with Crippen LogP contribution in [0.5, 0.6) is 0 Å². The Bertz CT molecular complexity index is 523. The predicted molar refractivity (Wildman–Crippen MR) is 88.9 cm³/mol. The molecule has 114 valence electrons. The molecule has 0 spiro atoms. The Balaban J connectivity index is 2.88. The fraction of sp³-hybridized carbons (Fsp3) is 0.583. The van der Waals surface area contributed by atoms with Crippen molar-refractivity contribution in [3.05, 3.63) is 16.7 Å². The van der Waals surface area contributed by atoms with Crippen molar-refractivity contribution in [1.29, 1.82) is 0 Å². The minimum Gasteiger partial charge on any atom is -0.369 e. The maximum absolute atomic E-state index is 12.3. The van der Waals surface area contributed by atoms with Gasteiger partial charge in [0.05, 0.1) is 0 Å². The highest BCUT2D eigenvalue weighted by Crippen LogP contribution is 2.22. The quantitative estimate of drug-likeness (QED) is 0.643. The summed E-state index contributed by atoms with van der Waals surface area (Å²) in [5.74, 6) is 1.33. The van der Waals surface area contributed by atoms with Crippen molar-refractivity contribution in [2.75, 3.05) is 30.4 Å². The molecule has 20 heavy (non-hydrogen) atoms. The van der Waals surface area contributed by atoms with E-state index in [1.165, 1.54) is 0 Å². The molecule has 1 rings (SSSR count). The molecule has 1 aromatic heterocycles. The summed E-state index contributed by atoms with van der Waals surface area (Å²) < 4.78 is 27.9. The summed E-state index contributed by atoms with van der Waals surface area (Å²) in [6, 6.07) is 1.57. The monoisotopic (exact) mass is 381 g/mol. The molecule has 0 aliphatic rings. The lowest BCUT2D eigenvalue weighted by Crippen LogP contribution is -2.26. The fourth-order valence-corrected chi connectivity index (χ4v) is 3.65. The molecule has 1 heterocycles. The normalized spacial score (nSPS) is 11.6. The number of anilines is 1. The first kappa shape index (κ1) is 17.7. The van der Waals surface area contributed by atoms with Gasteiger partial charge in [0.2, 0.25) is 10.0 Å². The van der Waals surface area contributed by atoms with Crippen molar-refractivity contribution in [3.63, 3.8) is 0 Å². The Hall–Kier alpha value is -0.310. The number of sulfonamides is 1. The van der Waals surface area contributed by atoms with E-state index in [4.69, 9.17) is 0 Å². The van der Waals surface area contributed by atoms with Crippen LogP contribution >= 0.6 is 27.7 Å². The molecule has 0 saturated carbocycles. The minimum atomic E-state index is -3.54. The largest absolute Gasteiger partial charge is 0.369 e. The first-order chi connectivity index (χ1) is 9.51. The highest BCUT2D eigenvalue weighted by molar-refractivity contribution is 9.10. The Morgan fingerprint density at radius 2 is 2.15 bits per heavy atom. The van der Waals surface area contributed by atoms with Crippen LogP contribution in [0.25, 0.3) is 0 Å². The maximum atomic E-state index is 12.3. The van der Waals surface area contributed by atoms with Gasteiger partial charge in [0, 0.05) is 23.8 Å². The lowest BCUT2D eigenvalue weighted by atomic mass is 10.4. The van der Waals surface area contributed by atoms with Gasteiger partial charge in [0.25, 0.3) is 0 Å². The van der Waals surface area contributed by atoms with Crippen LogP contribution in [0.1, 0.15) is 19.8 Å². The topological polar surface area (TPSA) is 71.1 Å². The lowest BCUT2D eigenvalue weighted by molar-refractivity contribution is 0.581. The number of hydrogen-bond acceptors (Lipinski definition) is 5. The second-order valence-corrected chi connectivity index (χ2v) is 7.81. The van der Waals surface area contributed by atoms with Crippen LogP contribution in [0.4, 0.5) is 5.82 Å². The maximum Gasteiger partial charge on any atom is 0.244 e. The van der Waals surface area contributed by atoms with E-state index in [0.29, 0.717) is 23.4 Å². The number of halogens is 1. The molecule has 0 amide bonds. The molecule has 0 aliphatic carbocycles. The standard InChI is InChI=1S/C12H20BrN3O2S2/c1-3-5-14-12-11(8-10(13)9-15-12)20(17,18)16-6-4-7-19-2/h8-9,16H,3-7H2,1-2H3,(H,14,15). The average molecular weight is 382 g/mol. The zero-order chi connectivity index (χ0) is 15.0. The molecule has 0 saturated heterocycles. The van der Waals surface area contributed by atoms with Gasteiger partial charge in [0.1, 0.15) is 10.7 Å². The molecule has 8 heteroatoms. The van der Waals surface area contributed by atoms with E-state index in [0.717, 1.165) is 18.6 Å². The highest BCUT2D eigenvalue weighted by Gasteiger charge is 2.19. The Morgan fingerprint density at radius 1 is 1.40 bits per heavy atom. The second-order valence-electron chi connectivity index (χ2n) is 4.17. The number of nitrogens with zero attached hydrogens (tertiary/aromatic N) is 1. The third-order valence-electron chi connectivity index (χ3n) is 2.47. The first-order valence-corrected chi connectivity index (χ1v) is 10.1. The van der Waals surface area contributed by atoms with Gasteiger partial charge in [0.15, 0.2) is 0 Å². The molecule has 0 bridgehead atoms. The number of pyridine rings is 1. The van der Waals surface area contributed by atoms with Gasteiger partial charge >= 0.3 is 0 Å². The fourth-order valence-electron chi connectivity index (χ4n) is 1.50. The summed E-state index contributed by atoms with van der Waals surface area (Å²) in [5.41, 5.74) is 0. The van der Waals surface area contributed by atoms with E-state index in [1.807, 2.05) is 13.2 Å². The third-order valence-corrected chi connectivity index (χ3v) is 5.07. The van der Waals surface area contributed by atoms with Crippen LogP contribution in [0, 0.1) is 0 Å². The predicted octanol–water partition coefficient (Wildman–Crippen LogP) is 2.70. The minimum absolute atomic E-state index is 0.185. The Labute approximate surface area is 133 Å². The van der Waals surface area contributed by atoms with Crippen molar-refractivity contribution in [2.24, 2.45) is 0 Å². The van der Waals surface area contributed by atoms with Crippen LogP contribution < -0.4 is 10.0 Å². The van der Waals surface area contributed by atoms with Gasteiger partial charge in [-0.15, -0.1) is 0 Å². The van der Waals surface area contributed by atoms with Gasteiger partial charge in [-0.3, -0.25) is 0 Å². The van der Waals surface area contributed by atoms with Gasteiger partial charge in [-0.25, -0.2) is 18.1 Å². The van der Waals surface area contributed by atoms with Gasteiger partial charge < -0.3 is 5.32 Å². The summed E-state index contributed by atoms with van der Waals surface area (Å²) in [7, 11) is -3.54. The van der Waals surface area contributed by atoms with E-state index in [-0.39, 0.29) is 4.90 Å². The van der Waals surface area contributed by atoms with Gasteiger partial charge in [-0.1, -0.05) is 6.92 Å². The Morgan fingerprint density at radius 3 is 2.80 bits per heavy atom. The summed E-state index contributed by atoms with van der Waals surface area (Å²) in [6.45, 7) is 3.13. The van der Waals surface area contributed by atoms with Crippen LogP contribution in [0.3, 0.4) is 0 Å². The van der Waals surface area contributed by atoms with E-state index in [1.54, 1.807) is 24.0 Å². The SMILES string of the molecule is CCCNc1ncc(Br)cc1S(=O)(=O)NCCCSC. The van der Waals surface area contributed by atoms with Crippen molar-refractivity contribution in [2.45, 2.75) is 24.7 Å².